The van der Waals surface area contributed by atoms with Gasteiger partial charge < -0.3 is 15.4 Å². The van der Waals surface area contributed by atoms with Gasteiger partial charge in [-0.1, -0.05) is 41.5 Å². The van der Waals surface area contributed by atoms with Crippen molar-refractivity contribution < 1.29 is 4.74 Å². The van der Waals surface area contributed by atoms with E-state index in [1.54, 1.807) is 6.08 Å². The van der Waals surface area contributed by atoms with Crippen LogP contribution in [0.3, 0.4) is 0 Å². The van der Waals surface area contributed by atoms with Crippen molar-refractivity contribution in [3.8, 4) is 0 Å². The number of anilines is 2. The topological polar surface area (TPSA) is 33.3 Å². The van der Waals surface area contributed by atoms with E-state index in [0.717, 1.165) is 6.54 Å². The molecule has 0 amide bonds. The summed E-state index contributed by atoms with van der Waals surface area (Å²) in [7, 11) is 0. The minimum absolute atomic E-state index is 0.158. The first kappa shape index (κ1) is 21.0. The van der Waals surface area contributed by atoms with Gasteiger partial charge in [-0.15, -0.1) is 6.58 Å². The van der Waals surface area contributed by atoms with E-state index in [2.05, 4.69) is 83.0 Å². The number of hydrogen-bond acceptors (Lipinski definition) is 3. The van der Waals surface area contributed by atoms with Crippen LogP contribution in [0.2, 0.25) is 0 Å². The van der Waals surface area contributed by atoms with Crippen LogP contribution in [0.4, 0.5) is 11.4 Å². The standard InChI is InChI=1S/C24H34N2O/c1-8-9-27-15-22(26-24-20(6)12-17(3)13-21(24)7)14-25-23-18(4)10-16(2)11-19(23)5/h8,10-13,22,25-26H,1,9,14-15H2,2-7H3. The first-order chi connectivity index (χ1) is 12.8. The second-order valence-corrected chi connectivity index (χ2v) is 7.60. The molecular weight excluding hydrogens is 332 g/mol. The second kappa shape index (κ2) is 9.61. The van der Waals surface area contributed by atoms with E-state index in [9.17, 15) is 0 Å². The Balaban J connectivity index is 2.16. The summed E-state index contributed by atoms with van der Waals surface area (Å²) in [5.41, 5.74) is 10.1. The monoisotopic (exact) mass is 366 g/mol. The molecule has 2 aromatic carbocycles. The van der Waals surface area contributed by atoms with E-state index in [-0.39, 0.29) is 6.04 Å². The van der Waals surface area contributed by atoms with Gasteiger partial charge in [0.05, 0.1) is 19.3 Å². The van der Waals surface area contributed by atoms with Crippen molar-refractivity contribution in [2.75, 3.05) is 30.4 Å². The minimum Gasteiger partial charge on any atom is -0.382 e. The Labute approximate surface area is 164 Å². The lowest BCUT2D eigenvalue weighted by molar-refractivity contribution is 0.154. The molecule has 2 N–H and O–H groups in total. The Kier molecular flexibility index (Phi) is 7.49. The molecule has 0 radical (unpaired) electrons. The Hall–Kier alpha value is -2.26. The number of ether oxygens (including phenoxy) is 1. The summed E-state index contributed by atoms with van der Waals surface area (Å²) in [5.74, 6) is 0. The fourth-order valence-electron chi connectivity index (χ4n) is 3.74. The maximum atomic E-state index is 5.77. The minimum atomic E-state index is 0.158. The third-order valence-electron chi connectivity index (χ3n) is 4.78. The average molecular weight is 367 g/mol. The Morgan fingerprint density at radius 3 is 1.81 bits per heavy atom. The van der Waals surface area contributed by atoms with Gasteiger partial charge in [0.1, 0.15) is 0 Å². The van der Waals surface area contributed by atoms with Gasteiger partial charge in [0.2, 0.25) is 0 Å². The van der Waals surface area contributed by atoms with Crippen LogP contribution in [0.5, 0.6) is 0 Å². The van der Waals surface area contributed by atoms with E-state index in [0.29, 0.717) is 13.2 Å². The maximum absolute atomic E-state index is 5.77. The van der Waals surface area contributed by atoms with Gasteiger partial charge in [0, 0.05) is 17.9 Å². The summed E-state index contributed by atoms with van der Waals surface area (Å²) in [4.78, 5) is 0. The fraction of sp³-hybridized carbons (Fsp3) is 0.417. The van der Waals surface area contributed by atoms with Gasteiger partial charge in [-0.2, -0.15) is 0 Å². The predicted octanol–water partition coefficient (Wildman–Crippen LogP) is 5.63. The highest BCUT2D eigenvalue weighted by atomic mass is 16.5. The number of hydrogen-bond donors (Lipinski definition) is 2. The molecular formula is C24H34N2O. The third-order valence-corrected chi connectivity index (χ3v) is 4.78. The Morgan fingerprint density at radius 1 is 0.852 bits per heavy atom. The lowest BCUT2D eigenvalue weighted by atomic mass is 10.0. The highest BCUT2D eigenvalue weighted by Crippen LogP contribution is 2.24. The van der Waals surface area contributed by atoms with Crippen molar-refractivity contribution >= 4 is 11.4 Å². The number of aryl methyl sites for hydroxylation is 6. The fourth-order valence-corrected chi connectivity index (χ4v) is 3.74. The molecule has 3 nitrogen and oxygen atoms in total. The zero-order valence-corrected chi connectivity index (χ0v) is 17.7. The molecule has 0 aliphatic rings. The van der Waals surface area contributed by atoms with Crippen LogP contribution < -0.4 is 10.6 Å². The number of nitrogens with one attached hydrogen (secondary N) is 2. The normalized spacial score (nSPS) is 11.9. The van der Waals surface area contributed by atoms with Gasteiger partial charge in [-0.05, 0) is 63.8 Å². The summed E-state index contributed by atoms with van der Waals surface area (Å²) >= 11 is 0. The molecule has 0 heterocycles. The molecule has 0 aliphatic carbocycles. The van der Waals surface area contributed by atoms with Gasteiger partial charge in [0.15, 0.2) is 0 Å². The van der Waals surface area contributed by atoms with Crippen molar-refractivity contribution in [3.05, 3.63) is 70.3 Å². The van der Waals surface area contributed by atoms with Crippen LogP contribution in [-0.4, -0.2) is 25.8 Å². The molecule has 1 atom stereocenters. The summed E-state index contributed by atoms with van der Waals surface area (Å²) in [6.07, 6.45) is 1.79. The Bertz CT molecular complexity index is 749. The lowest BCUT2D eigenvalue weighted by Crippen LogP contribution is -2.34. The first-order valence-corrected chi connectivity index (χ1v) is 9.66. The average Bonchev–Trinajstić information content (AvgIpc) is 2.56. The van der Waals surface area contributed by atoms with Crippen LogP contribution in [0, 0.1) is 41.5 Å². The smallest absolute Gasteiger partial charge is 0.0689 e. The maximum Gasteiger partial charge on any atom is 0.0689 e. The zero-order chi connectivity index (χ0) is 20.0. The summed E-state index contributed by atoms with van der Waals surface area (Å²) < 4.78 is 5.77. The quantitative estimate of drug-likeness (QED) is 0.445. The largest absolute Gasteiger partial charge is 0.382 e. The van der Waals surface area contributed by atoms with Crippen LogP contribution in [0.15, 0.2) is 36.9 Å². The lowest BCUT2D eigenvalue weighted by Gasteiger charge is -2.25. The van der Waals surface area contributed by atoms with E-state index in [1.165, 1.54) is 44.8 Å². The van der Waals surface area contributed by atoms with E-state index >= 15 is 0 Å². The van der Waals surface area contributed by atoms with E-state index in [1.807, 2.05) is 0 Å². The van der Waals surface area contributed by atoms with Crippen LogP contribution in [-0.2, 0) is 4.74 Å². The highest BCUT2D eigenvalue weighted by Gasteiger charge is 2.14. The molecule has 0 aromatic heterocycles. The molecule has 0 aliphatic heterocycles. The number of benzene rings is 2. The molecule has 1 unspecified atom stereocenters. The van der Waals surface area contributed by atoms with Crippen LogP contribution >= 0.6 is 0 Å². The van der Waals surface area contributed by atoms with Crippen molar-refractivity contribution in [2.45, 2.75) is 47.6 Å². The molecule has 27 heavy (non-hydrogen) atoms. The SMILES string of the molecule is C=CCOCC(CNc1c(C)cc(C)cc1C)Nc1c(C)cc(C)cc1C. The summed E-state index contributed by atoms with van der Waals surface area (Å²) in [5, 5.41) is 7.34. The van der Waals surface area contributed by atoms with Crippen LogP contribution in [0.1, 0.15) is 33.4 Å². The molecule has 146 valence electrons. The number of rotatable bonds is 9. The zero-order valence-electron chi connectivity index (χ0n) is 17.7. The molecule has 2 rings (SSSR count). The van der Waals surface area contributed by atoms with E-state index < -0.39 is 0 Å². The van der Waals surface area contributed by atoms with Gasteiger partial charge in [-0.25, -0.2) is 0 Å². The Morgan fingerprint density at radius 2 is 1.33 bits per heavy atom. The molecule has 0 bridgehead atoms. The van der Waals surface area contributed by atoms with Crippen LogP contribution in [0.25, 0.3) is 0 Å². The summed E-state index contributed by atoms with van der Waals surface area (Å²) in [6.45, 7) is 18.6. The molecule has 2 aromatic rings. The molecule has 0 fully saturated rings. The third kappa shape index (κ3) is 5.86. The van der Waals surface area contributed by atoms with Gasteiger partial charge in [0.25, 0.3) is 0 Å². The van der Waals surface area contributed by atoms with Crippen molar-refractivity contribution in [3.63, 3.8) is 0 Å². The van der Waals surface area contributed by atoms with Gasteiger partial charge in [-0.3, -0.25) is 0 Å². The predicted molar refractivity (Wildman–Crippen MR) is 118 cm³/mol. The van der Waals surface area contributed by atoms with Crippen molar-refractivity contribution in [1.82, 2.24) is 0 Å². The highest BCUT2D eigenvalue weighted by molar-refractivity contribution is 5.60. The van der Waals surface area contributed by atoms with Crippen molar-refractivity contribution in [2.24, 2.45) is 0 Å². The summed E-state index contributed by atoms with van der Waals surface area (Å²) in [6, 6.07) is 9.04. The second-order valence-electron chi connectivity index (χ2n) is 7.60. The molecule has 0 saturated carbocycles. The molecule has 3 heteroatoms. The first-order valence-electron chi connectivity index (χ1n) is 9.66. The van der Waals surface area contributed by atoms with Crippen molar-refractivity contribution in [1.29, 1.82) is 0 Å². The molecule has 0 saturated heterocycles. The van der Waals surface area contributed by atoms with Gasteiger partial charge >= 0.3 is 0 Å². The van der Waals surface area contributed by atoms with E-state index in [4.69, 9.17) is 4.74 Å². The molecule has 0 spiro atoms.